The minimum absolute atomic E-state index is 0.160. The molecule has 0 aliphatic carbocycles. The summed E-state index contributed by atoms with van der Waals surface area (Å²) in [6.45, 7) is 1.68. The third-order valence-corrected chi connectivity index (χ3v) is 4.09. The van der Waals surface area contributed by atoms with Crippen LogP contribution >= 0.6 is 0 Å². The number of rotatable bonds is 8. The van der Waals surface area contributed by atoms with E-state index in [9.17, 15) is 9.18 Å². The average molecular weight is 356 g/mol. The third kappa shape index (κ3) is 5.17. The van der Waals surface area contributed by atoms with Gasteiger partial charge in [-0.05, 0) is 50.5 Å². The van der Waals surface area contributed by atoms with Crippen molar-refractivity contribution in [3.05, 3.63) is 65.5 Å². The number of carbonyl (C=O) groups is 1. The highest BCUT2D eigenvalue weighted by Gasteiger charge is 2.12. The van der Waals surface area contributed by atoms with Crippen molar-refractivity contribution in [2.45, 2.75) is 0 Å². The Kier molecular flexibility index (Phi) is 6.92. The lowest BCUT2D eigenvalue weighted by Crippen LogP contribution is -2.29. The van der Waals surface area contributed by atoms with E-state index in [1.54, 1.807) is 18.2 Å². The summed E-state index contributed by atoms with van der Waals surface area (Å²) < 4.78 is 19.0. The lowest BCUT2D eigenvalue weighted by Gasteiger charge is -2.23. The molecule has 0 aliphatic rings. The van der Waals surface area contributed by atoms with Gasteiger partial charge in [-0.3, -0.25) is 4.79 Å². The Hall–Kier alpha value is -2.66. The number of ketones is 1. The standard InChI is InChI=1S/C21H25FN2O2/c1-23(2)13-14-24(3)20-8-6-5-7-18(20)21(25)12-10-16-9-11-17(26-4)15-19(16)22/h5-12,15H,13-14H2,1-4H3. The summed E-state index contributed by atoms with van der Waals surface area (Å²) in [5.74, 6) is -0.142. The van der Waals surface area contributed by atoms with Gasteiger partial charge in [-0.25, -0.2) is 4.39 Å². The number of benzene rings is 2. The van der Waals surface area contributed by atoms with Gasteiger partial charge in [0.2, 0.25) is 0 Å². The number of hydrogen-bond donors (Lipinski definition) is 0. The number of halogens is 1. The molecule has 138 valence electrons. The molecule has 0 amide bonds. The van der Waals surface area contributed by atoms with Crippen LogP contribution in [-0.2, 0) is 0 Å². The fourth-order valence-corrected chi connectivity index (χ4v) is 2.51. The molecule has 0 spiro atoms. The predicted octanol–water partition coefficient (Wildman–Crippen LogP) is 3.73. The smallest absolute Gasteiger partial charge is 0.187 e. The van der Waals surface area contributed by atoms with Crippen molar-refractivity contribution in [1.29, 1.82) is 0 Å². The zero-order valence-corrected chi connectivity index (χ0v) is 15.7. The molecular weight excluding hydrogens is 331 g/mol. The molecule has 0 radical (unpaired) electrons. The number of methoxy groups -OCH3 is 1. The number of likely N-dealkylation sites (N-methyl/N-ethyl adjacent to an activating group) is 2. The molecule has 2 rings (SSSR count). The van der Waals surface area contributed by atoms with Crippen molar-refractivity contribution in [1.82, 2.24) is 4.90 Å². The van der Waals surface area contributed by atoms with Gasteiger partial charge >= 0.3 is 0 Å². The molecule has 0 fully saturated rings. The van der Waals surface area contributed by atoms with E-state index in [0.717, 1.165) is 18.8 Å². The van der Waals surface area contributed by atoms with Gasteiger partial charge in [0.15, 0.2) is 5.78 Å². The minimum Gasteiger partial charge on any atom is -0.497 e. The fraction of sp³-hybridized carbons (Fsp3) is 0.286. The van der Waals surface area contributed by atoms with Crippen LogP contribution in [0, 0.1) is 5.82 Å². The van der Waals surface area contributed by atoms with Crippen LogP contribution in [0.1, 0.15) is 15.9 Å². The summed E-state index contributed by atoms with van der Waals surface area (Å²) in [6.07, 6.45) is 2.90. The van der Waals surface area contributed by atoms with E-state index in [-0.39, 0.29) is 5.78 Å². The SMILES string of the molecule is COc1ccc(C=CC(=O)c2ccccc2N(C)CCN(C)C)c(F)c1. The maximum absolute atomic E-state index is 14.0. The maximum Gasteiger partial charge on any atom is 0.187 e. The average Bonchev–Trinajstić information content (AvgIpc) is 2.64. The second-order valence-electron chi connectivity index (χ2n) is 6.33. The van der Waals surface area contributed by atoms with Crippen LogP contribution in [0.25, 0.3) is 6.08 Å². The Morgan fingerprint density at radius 1 is 1.12 bits per heavy atom. The molecular formula is C21H25FN2O2. The molecule has 0 saturated carbocycles. The molecule has 4 nitrogen and oxygen atoms in total. The van der Waals surface area contributed by atoms with Crippen LogP contribution < -0.4 is 9.64 Å². The summed E-state index contributed by atoms with van der Waals surface area (Å²) >= 11 is 0. The van der Waals surface area contributed by atoms with Crippen molar-refractivity contribution in [3.8, 4) is 5.75 Å². The van der Waals surface area contributed by atoms with Crippen molar-refractivity contribution in [2.24, 2.45) is 0 Å². The van der Waals surface area contributed by atoms with Gasteiger partial charge in [0.25, 0.3) is 0 Å². The number of ether oxygens (including phenoxy) is 1. The third-order valence-electron chi connectivity index (χ3n) is 4.09. The van der Waals surface area contributed by atoms with E-state index in [1.807, 2.05) is 39.3 Å². The number of anilines is 1. The molecule has 26 heavy (non-hydrogen) atoms. The maximum atomic E-state index is 14.0. The van der Waals surface area contributed by atoms with E-state index in [4.69, 9.17) is 4.74 Å². The molecule has 0 bridgehead atoms. The van der Waals surface area contributed by atoms with Crippen LogP contribution in [-0.4, -0.2) is 52.0 Å². The van der Waals surface area contributed by atoms with Crippen LogP contribution in [0.5, 0.6) is 5.75 Å². The highest BCUT2D eigenvalue weighted by molar-refractivity contribution is 6.10. The van der Waals surface area contributed by atoms with Gasteiger partial charge in [-0.15, -0.1) is 0 Å². The molecule has 0 saturated heterocycles. The Morgan fingerprint density at radius 2 is 1.85 bits per heavy atom. The second-order valence-corrected chi connectivity index (χ2v) is 6.33. The normalized spacial score (nSPS) is 11.2. The molecule has 0 aliphatic heterocycles. The number of nitrogens with zero attached hydrogens (tertiary/aromatic N) is 2. The van der Waals surface area contributed by atoms with E-state index < -0.39 is 5.82 Å². The molecule has 2 aromatic carbocycles. The molecule has 0 atom stereocenters. The Labute approximate surface area is 154 Å². The van der Waals surface area contributed by atoms with Gasteiger partial charge in [0.05, 0.1) is 7.11 Å². The number of allylic oxidation sites excluding steroid dienone is 1. The fourth-order valence-electron chi connectivity index (χ4n) is 2.51. The van der Waals surface area contributed by atoms with Gasteiger partial charge in [0.1, 0.15) is 11.6 Å². The van der Waals surface area contributed by atoms with E-state index in [1.165, 1.54) is 25.3 Å². The van der Waals surface area contributed by atoms with Crippen LogP contribution in [0.15, 0.2) is 48.5 Å². The van der Waals surface area contributed by atoms with E-state index in [2.05, 4.69) is 9.80 Å². The highest BCUT2D eigenvalue weighted by atomic mass is 19.1. The van der Waals surface area contributed by atoms with Crippen molar-refractivity contribution >= 4 is 17.5 Å². The van der Waals surface area contributed by atoms with Crippen LogP contribution in [0.2, 0.25) is 0 Å². The van der Waals surface area contributed by atoms with Crippen molar-refractivity contribution in [2.75, 3.05) is 46.2 Å². The summed E-state index contributed by atoms with van der Waals surface area (Å²) in [7, 11) is 7.47. The summed E-state index contributed by atoms with van der Waals surface area (Å²) in [5, 5.41) is 0. The van der Waals surface area contributed by atoms with Gasteiger partial charge in [-0.1, -0.05) is 12.1 Å². The first-order chi connectivity index (χ1) is 12.4. The Balaban J connectivity index is 2.19. The summed E-state index contributed by atoms with van der Waals surface area (Å²) in [4.78, 5) is 16.8. The van der Waals surface area contributed by atoms with Gasteiger partial charge in [-0.2, -0.15) is 0 Å². The topological polar surface area (TPSA) is 32.8 Å². The Bertz CT molecular complexity index is 787. The number of carbonyl (C=O) groups excluding carboxylic acids is 1. The first-order valence-corrected chi connectivity index (χ1v) is 8.43. The molecule has 2 aromatic rings. The minimum atomic E-state index is -0.426. The van der Waals surface area contributed by atoms with Crippen molar-refractivity contribution in [3.63, 3.8) is 0 Å². The first-order valence-electron chi connectivity index (χ1n) is 8.43. The van der Waals surface area contributed by atoms with E-state index >= 15 is 0 Å². The molecule has 0 unspecified atom stereocenters. The summed E-state index contributed by atoms with van der Waals surface area (Å²) in [6, 6.07) is 12.0. The van der Waals surface area contributed by atoms with Crippen LogP contribution in [0.4, 0.5) is 10.1 Å². The predicted molar refractivity (Wildman–Crippen MR) is 105 cm³/mol. The zero-order valence-electron chi connectivity index (χ0n) is 15.7. The van der Waals surface area contributed by atoms with E-state index in [0.29, 0.717) is 16.9 Å². The van der Waals surface area contributed by atoms with Crippen molar-refractivity contribution < 1.29 is 13.9 Å². The summed E-state index contributed by atoms with van der Waals surface area (Å²) in [5.41, 5.74) is 1.80. The zero-order chi connectivity index (χ0) is 19.1. The number of para-hydroxylation sites is 1. The van der Waals surface area contributed by atoms with Gasteiger partial charge < -0.3 is 14.5 Å². The lowest BCUT2D eigenvalue weighted by molar-refractivity contribution is 0.104. The molecule has 0 heterocycles. The largest absolute Gasteiger partial charge is 0.497 e. The Morgan fingerprint density at radius 3 is 2.50 bits per heavy atom. The quantitative estimate of drug-likeness (QED) is 0.533. The monoisotopic (exact) mass is 356 g/mol. The molecule has 5 heteroatoms. The highest BCUT2D eigenvalue weighted by Crippen LogP contribution is 2.21. The van der Waals surface area contributed by atoms with Gasteiger partial charge in [0, 0.05) is 43.0 Å². The molecule has 0 aromatic heterocycles. The van der Waals surface area contributed by atoms with Crippen LogP contribution in [0.3, 0.4) is 0 Å². The lowest BCUT2D eigenvalue weighted by atomic mass is 10.1. The first kappa shape index (κ1) is 19.7. The number of hydrogen-bond acceptors (Lipinski definition) is 4. The molecule has 0 N–H and O–H groups in total. The second kappa shape index (κ2) is 9.15.